The molecule has 3 rings (SSSR count). The van der Waals surface area contributed by atoms with Gasteiger partial charge >= 0.3 is 5.69 Å². The number of carbonyl (C=O) groups is 1. The van der Waals surface area contributed by atoms with Gasteiger partial charge in [-0.3, -0.25) is 9.36 Å². The number of nitrogens with one attached hydrogen (secondary N) is 2. The summed E-state index contributed by atoms with van der Waals surface area (Å²) in [6, 6.07) is 17.3. The summed E-state index contributed by atoms with van der Waals surface area (Å²) in [4.78, 5) is 24.5. The average Bonchev–Trinajstić information content (AvgIpc) is 3.05. The number of aromatic nitrogens is 3. The van der Waals surface area contributed by atoms with Crippen LogP contribution in [-0.2, 0) is 24.3 Å². The molecule has 146 valence electrons. The van der Waals surface area contributed by atoms with E-state index in [2.05, 4.69) is 15.5 Å². The molecule has 1 atom stereocenters. The predicted molar refractivity (Wildman–Crippen MR) is 112 cm³/mol. The molecule has 3 aromatic rings. The van der Waals surface area contributed by atoms with Crippen molar-refractivity contribution in [2.45, 2.75) is 36.8 Å². The highest BCUT2D eigenvalue weighted by Gasteiger charge is 2.19. The van der Waals surface area contributed by atoms with E-state index in [0.717, 1.165) is 11.1 Å². The molecule has 0 fully saturated rings. The fraction of sp³-hybridized carbons (Fsp3) is 0.250. The van der Waals surface area contributed by atoms with Gasteiger partial charge in [-0.05, 0) is 30.5 Å². The lowest BCUT2D eigenvalue weighted by atomic mass is 10.1. The number of halogens is 1. The molecule has 0 unspecified atom stereocenters. The van der Waals surface area contributed by atoms with Gasteiger partial charge in [-0.15, -0.1) is 5.10 Å². The number of carbonyl (C=O) groups excluding carboxylic acids is 1. The third kappa shape index (κ3) is 5.27. The monoisotopic (exact) mass is 416 g/mol. The highest BCUT2D eigenvalue weighted by molar-refractivity contribution is 8.00. The van der Waals surface area contributed by atoms with Crippen LogP contribution in [0.1, 0.15) is 18.1 Å². The van der Waals surface area contributed by atoms with Crippen LogP contribution in [0.5, 0.6) is 0 Å². The van der Waals surface area contributed by atoms with E-state index >= 15 is 0 Å². The molecule has 1 heterocycles. The number of hydrogen-bond acceptors (Lipinski definition) is 4. The molecule has 0 bridgehead atoms. The van der Waals surface area contributed by atoms with E-state index < -0.39 is 5.25 Å². The Hall–Kier alpha value is -2.51. The molecule has 1 amide bonds. The molecule has 1 aromatic heterocycles. The maximum absolute atomic E-state index is 12.4. The minimum Gasteiger partial charge on any atom is -0.351 e. The molecule has 0 aliphatic carbocycles. The SMILES string of the molecule is C[C@H](Sc1n[nH]c(=O)n1CCc1ccccc1)C(=O)NCc1ccccc1Cl. The van der Waals surface area contributed by atoms with Crippen LogP contribution in [-0.4, -0.2) is 25.9 Å². The summed E-state index contributed by atoms with van der Waals surface area (Å²) in [5, 5.41) is 10.1. The molecule has 2 aromatic carbocycles. The maximum Gasteiger partial charge on any atom is 0.343 e. The van der Waals surface area contributed by atoms with Crippen LogP contribution in [0.2, 0.25) is 5.02 Å². The number of aromatic amines is 1. The second-order valence-electron chi connectivity index (χ2n) is 6.27. The molecule has 0 spiro atoms. The summed E-state index contributed by atoms with van der Waals surface area (Å²) in [5.74, 6) is -0.144. The Morgan fingerprint density at radius 2 is 1.93 bits per heavy atom. The highest BCUT2D eigenvalue weighted by Crippen LogP contribution is 2.21. The molecular formula is C20H21ClN4O2S. The lowest BCUT2D eigenvalue weighted by molar-refractivity contribution is -0.120. The van der Waals surface area contributed by atoms with Crippen molar-refractivity contribution in [2.24, 2.45) is 0 Å². The minimum absolute atomic E-state index is 0.144. The predicted octanol–water partition coefficient (Wildman–Crippen LogP) is 3.26. The average molecular weight is 417 g/mol. The van der Waals surface area contributed by atoms with E-state index in [1.165, 1.54) is 11.8 Å². The van der Waals surface area contributed by atoms with Crippen molar-refractivity contribution in [3.8, 4) is 0 Å². The van der Waals surface area contributed by atoms with Crippen molar-refractivity contribution < 1.29 is 4.79 Å². The zero-order valence-electron chi connectivity index (χ0n) is 15.4. The summed E-state index contributed by atoms with van der Waals surface area (Å²) in [5.41, 5.74) is 1.72. The van der Waals surface area contributed by atoms with Gasteiger partial charge in [0.1, 0.15) is 0 Å². The molecule has 0 radical (unpaired) electrons. The summed E-state index contributed by atoms with van der Waals surface area (Å²) >= 11 is 7.37. The van der Waals surface area contributed by atoms with Crippen LogP contribution in [0.15, 0.2) is 64.5 Å². The van der Waals surface area contributed by atoms with Crippen molar-refractivity contribution in [2.75, 3.05) is 0 Å². The summed E-state index contributed by atoms with van der Waals surface area (Å²) in [6.07, 6.45) is 0.709. The van der Waals surface area contributed by atoms with Gasteiger partial charge in [-0.25, -0.2) is 9.89 Å². The van der Waals surface area contributed by atoms with Gasteiger partial charge in [0.15, 0.2) is 5.16 Å². The Kier molecular flexibility index (Phi) is 6.95. The largest absolute Gasteiger partial charge is 0.351 e. The van der Waals surface area contributed by atoms with Crippen molar-refractivity contribution in [3.63, 3.8) is 0 Å². The summed E-state index contributed by atoms with van der Waals surface area (Å²) in [7, 11) is 0. The lowest BCUT2D eigenvalue weighted by Gasteiger charge is -2.13. The third-order valence-corrected chi connectivity index (χ3v) is 5.71. The first kappa shape index (κ1) is 20.2. The molecule has 28 heavy (non-hydrogen) atoms. The standard InChI is InChI=1S/C20H21ClN4O2S/c1-14(18(26)22-13-16-9-5-6-10-17(16)21)28-20-24-23-19(27)25(20)12-11-15-7-3-2-4-8-15/h2-10,14H,11-13H2,1H3,(H,22,26)(H,23,27)/t14-/m0/s1. The first-order valence-electron chi connectivity index (χ1n) is 8.91. The lowest BCUT2D eigenvalue weighted by Crippen LogP contribution is -2.31. The summed E-state index contributed by atoms with van der Waals surface area (Å²) < 4.78 is 1.56. The molecule has 6 nitrogen and oxygen atoms in total. The van der Waals surface area contributed by atoms with Gasteiger partial charge < -0.3 is 5.32 Å². The van der Waals surface area contributed by atoms with Crippen molar-refractivity contribution >= 4 is 29.3 Å². The van der Waals surface area contributed by atoms with E-state index in [-0.39, 0.29) is 11.6 Å². The first-order valence-corrected chi connectivity index (χ1v) is 10.2. The fourth-order valence-electron chi connectivity index (χ4n) is 2.66. The number of aryl methyl sites for hydroxylation is 1. The van der Waals surface area contributed by atoms with Crippen LogP contribution in [0.3, 0.4) is 0 Å². The topological polar surface area (TPSA) is 79.8 Å². The third-order valence-electron chi connectivity index (χ3n) is 4.25. The van der Waals surface area contributed by atoms with Gasteiger partial charge in [0.25, 0.3) is 0 Å². The molecule has 0 saturated heterocycles. The second-order valence-corrected chi connectivity index (χ2v) is 7.98. The maximum atomic E-state index is 12.4. The van der Waals surface area contributed by atoms with Gasteiger partial charge in [0.05, 0.1) is 5.25 Å². The van der Waals surface area contributed by atoms with E-state index in [0.29, 0.717) is 29.7 Å². The number of H-pyrrole nitrogens is 1. The molecule has 8 heteroatoms. The first-order chi connectivity index (χ1) is 13.5. The smallest absolute Gasteiger partial charge is 0.343 e. The number of amides is 1. The van der Waals surface area contributed by atoms with Crippen LogP contribution < -0.4 is 11.0 Å². The number of thioether (sulfide) groups is 1. The van der Waals surface area contributed by atoms with Crippen LogP contribution in [0, 0.1) is 0 Å². The zero-order chi connectivity index (χ0) is 19.9. The number of rotatable bonds is 8. The fourth-order valence-corrected chi connectivity index (χ4v) is 3.76. The van der Waals surface area contributed by atoms with E-state index in [1.807, 2.05) is 48.5 Å². The molecule has 2 N–H and O–H groups in total. The molecule has 0 aliphatic heterocycles. The van der Waals surface area contributed by atoms with Crippen molar-refractivity contribution in [1.29, 1.82) is 0 Å². The van der Waals surface area contributed by atoms with E-state index in [1.54, 1.807) is 17.6 Å². The van der Waals surface area contributed by atoms with Crippen LogP contribution in [0.25, 0.3) is 0 Å². The van der Waals surface area contributed by atoms with Crippen molar-refractivity contribution in [1.82, 2.24) is 20.1 Å². The van der Waals surface area contributed by atoms with Crippen molar-refractivity contribution in [3.05, 3.63) is 81.2 Å². The zero-order valence-corrected chi connectivity index (χ0v) is 17.0. The van der Waals surface area contributed by atoms with Gasteiger partial charge in [0, 0.05) is 18.1 Å². The Morgan fingerprint density at radius 1 is 1.21 bits per heavy atom. The Bertz CT molecular complexity index is 987. The molecular weight excluding hydrogens is 396 g/mol. The number of benzene rings is 2. The van der Waals surface area contributed by atoms with Crippen LogP contribution >= 0.6 is 23.4 Å². The molecule has 0 saturated carbocycles. The highest BCUT2D eigenvalue weighted by atomic mass is 35.5. The molecule has 0 aliphatic rings. The summed E-state index contributed by atoms with van der Waals surface area (Å²) in [6.45, 7) is 2.63. The minimum atomic E-state index is -0.409. The van der Waals surface area contributed by atoms with Gasteiger partial charge in [0.2, 0.25) is 5.91 Å². The Labute approximate surface area is 172 Å². The van der Waals surface area contributed by atoms with E-state index in [4.69, 9.17) is 11.6 Å². The van der Waals surface area contributed by atoms with Gasteiger partial charge in [-0.1, -0.05) is 71.9 Å². The van der Waals surface area contributed by atoms with Gasteiger partial charge in [-0.2, -0.15) is 0 Å². The second kappa shape index (κ2) is 9.61. The normalized spacial score (nSPS) is 11.9. The Morgan fingerprint density at radius 3 is 2.68 bits per heavy atom. The van der Waals surface area contributed by atoms with Crippen LogP contribution in [0.4, 0.5) is 0 Å². The number of nitrogens with zero attached hydrogens (tertiary/aromatic N) is 2. The van der Waals surface area contributed by atoms with E-state index in [9.17, 15) is 9.59 Å². The number of hydrogen-bond donors (Lipinski definition) is 2. The Balaban J connectivity index is 1.59. The quantitative estimate of drug-likeness (QED) is 0.552.